The zero-order valence-electron chi connectivity index (χ0n) is 10.3. The minimum absolute atomic E-state index is 0.152. The molecule has 2 unspecified atom stereocenters. The van der Waals surface area contributed by atoms with Crippen LogP contribution in [0.2, 0.25) is 0 Å². The molecule has 0 aromatic carbocycles. The van der Waals surface area contributed by atoms with Gasteiger partial charge in [0.2, 0.25) is 0 Å². The molecule has 0 radical (unpaired) electrons. The van der Waals surface area contributed by atoms with E-state index in [1.165, 1.54) is 5.56 Å². The third-order valence-electron chi connectivity index (χ3n) is 3.15. The highest BCUT2D eigenvalue weighted by atomic mass is 16.5. The summed E-state index contributed by atoms with van der Waals surface area (Å²) in [5, 5.41) is 0. The van der Waals surface area contributed by atoms with E-state index in [1.54, 1.807) is 20.4 Å². The molecule has 1 aromatic heterocycles. The number of likely N-dealkylation sites (tertiary alicyclic amines) is 1. The first-order chi connectivity index (χ1) is 8.22. The summed E-state index contributed by atoms with van der Waals surface area (Å²) in [7, 11) is 3.45. The van der Waals surface area contributed by atoms with E-state index < -0.39 is 0 Å². The lowest BCUT2D eigenvalue weighted by molar-refractivity contribution is -0.00461. The van der Waals surface area contributed by atoms with Crippen molar-refractivity contribution in [3.8, 4) is 0 Å². The smallest absolute Gasteiger partial charge is 0.123 e. The zero-order valence-corrected chi connectivity index (χ0v) is 10.3. The van der Waals surface area contributed by atoms with E-state index in [9.17, 15) is 0 Å². The molecule has 0 bridgehead atoms. The number of aromatic nitrogens is 1. The van der Waals surface area contributed by atoms with Gasteiger partial charge >= 0.3 is 0 Å². The molecule has 1 saturated heterocycles. The van der Waals surface area contributed by atoms with Crippen LogP contribution in [0.1, 0.15) is 5.56 Å². The minimum atomic E-state index is 0.152. The molecule has 1 aromatic rings. The van der Waals surface area contributed by atoms with Crippen LogP contribution in [0.3, 0.4) is 0 Å². The van der Waals surface area contributed by atoms with Crippen molar-refractivity contribution in [1.29, 1.82) is 0 Å². The van der Waals surface area contributed by atoms with Crippen LogP contribution in [-0.2, 0) is 16.0 Å². The van der Waals surface area contributed by atoms with Crippen LogP contribution < -0.4 is 5.73 Å². The molecule has 1 aliphatic rings. The lowest BCUT2D eigenvalue weighted by Gasteiger charge is -2.15. The molecule has 2 atom stereocenters. The standard InChI is InChI=1S/C12H19N3O2/c1-16-10-7-15(8-11(10)17-2)6-9-3-4-14-12(13)5-9/h3-5,10-11H,6-8H2,1-2H3,(H2,13,14). The van der Waals surface area contributed by atoms with Gasteiger partial charge in [-0.15, -0.1) is 0 Å². The Hall–Kier alpha value is -1.17. The van der Waals surface area contributed by atoms with E-state index in [0.717, 1.165) is 19.6 Å². The zero-order chi connectivity index (χ0) is 12.3. The van der Waals surface area contributed by atoms with Gasteiger partial charge < -0.3 is 15.2 Å². The van der Waals surface area contributed by atoms with Crippen molar-refractivity contribution >= 4 is 5.82 Å². The fourth-order valence-electron chi connectivity index (χ4n) is 2.25. The van der Waals surface area contributed by atoms with Crippen molar-refractivity contribution in [2.75, 3.05) is 33.0 Å². The normalized spacial score (nSPS) is 25.3. The van der Waals surface area contributed by atoms with Crippen LogP contribution in [0.5, 0.6) is 0 Å². The maximum absolute atomic E-state index is 5.66. The molecule has 2 heterocycles. The molecular formula is C12H19N3O2. The Balaban J connectivity index is 1.97. The van der Waals surface area contributed by atoms with Crippen molar-refractivity contribution in [3.05, 3.63) is 23.9 Å². The number of nitrogen functional groups attached to an aromatic ring is 1. The molecule has 94 valence electrons. The Morgan fingerprint density at radius 1 is 1.35 bits per heavy atom. The maximum atomic E-state index is 5.66. The van der Waals surface area contributed by atoms with Crippen molar-refractivity contribution in [1.82, 2.24) is 9.88 Å². The number of rotatable bonds is 4. The highest BCUT2D eigenvalue weighted by Gasteiger charge is 2.32. The Morgan fingerprint density at radius 3 is 2.53 bits per heavy atom. The first kappa shape index (κ1) is 12.3. The van der Waals surface area contributed by atoms with E-state index in [2.05, 4.69) is 9.88 Å². The second kappa shape index (κ2) is 5.44. The van der Waals surface area contributed by atoms with E-state index in [4.69, 9.17) is 15.2 Å². The highest BCUT2D eigenvalue weighted by molar-refractivity contribution is 5.31. The molecular weight excluding hydrogens is 218 g/mol. The summed E-state index contributed by atoms with van der Waals surface area (Å²) in [5.41, 5.74) is 6.83. The molecule has 0 amide bonds. The number of hydrogen-bond acceptors (Lipinski definition) is 5. The van der Waals surface area contributed by atoms with Gasteiger partial charge in [-0.25, -0.2) is 4.98 Å². The van der Waals surface area contributed by atoms with E-state index >= 15 is 0 Å². The highest BCUT2D eigenvalue weighted by Crippen LogP contribution is 2.18. The molecule has 0 spiro atoms. The number of pyridine rings is 1. The molecule has 5 heteroatoms. The second-order valence-corrected chi connectivity index (χ2v) is 4.33. The lowest BCUT2D eigenvalue weighted by Crippen LogP contribution is -2.27. The maximum Gasteiger partial charge on any atom is 0.123 e. The summed E-state index contributed by atoms with van der Waals surface area (Å²) >= 11 is 0. The van der Waals surface area contributed by atoms with Gasteiger partial charge in [-0.1, -0.05) is 0 Å². The van der Waals surface area contributed by atoms with Crippen LogP contribution in [0, 0.1) is 0 Å². The van der Waals surface area contributed by atoms with Gasteiger partial charge in [0.25, 0.3) is 0 Å². The molecule has 1 aliphatic heterocycles. The van der Waals surface area contributed by atoms with Gasteiger partial charge in [-0.05, 0) is 17.7 Å². The summed E-state index contributed by atoms with van der Waals surface area (Å²) in [6.45, 7) is 2.63. The monoisotopic (exact) mass is 237 g/mol. The average molecular weight is 237 g/mol. The van der Waals surface area contributed by atoms with Gasteiger partial charge in [-0.3, -0.25) is 4.90 Å². The minimum Gasteiger partial charge on any atom is -0.384 e. The van der Waals surface area contributed by atoms with Gasteiger partial charge in [-0.2, -0.15) is 0 Å². The number of ether oxygens (including phenoxy) is 2. The second-order valence-electron chi connectivity index (χ2n) is 4.33. The molecule has 0 aliphatic carbocycles. The van der Waals surface area contributed by atoms with Gasteiger partial charge in [0, 0.05) is 40.1 Å². The third-order valence-corrected chi connectivity index (χ3v) is 3.15. The van der Waals surface area contributed by atoms with E-state index in [0.29, 0.717) is 5.82 Å². The summed E-state index contributed by atoms with van der Waals surface area (Å²) in [5.74, 6) is 0.563. The molecule has 5 nitrogen and oxygen atoms in total. The topological polar surface area (TPSA) is 60.6 Å². The van der Waals surface area contributed by atoms with Crippen molar-refractivity contribution < 1.29 is 9.47 Å². The van der Waals surface area contributed by atoms with Crippen molar-refractivity contribution in [3.63, 3.8) is 0 Å². The first-order valence-electron chi connectivity index (χ1n) is 5.71. The summed E-state index contributed by atoms with van der Waals surface area (Å²) in [6.07, 6.45) is 2.04. The molecule has 2 rings (SSSR count). The van der Waals surface area contributed by atoms with Crippen molar-refractivity contribution in [2.45, 2.75) is 18.8 Å². The van der Waals surface area contributed by atoms with Crippen LogP contribution >= 0.6 is 0 Å². The molecule has 2 N–H and O–H groups in total. The van der Waals surface area contributed by atoms with Crippen LogP contribution in [0.25, 0.3) is 0 Å². The van der Waals surface area contributed by atoms with Gasteiger partial charge in [0.1, 0.15) is 5.82 Å². The summed E-state index contributed by atoms with van der Waals surface area (Å²) in [6, 6.07) is 3.89. The fourth-order valence-corrected chi connectivity index (χ4v) is 2.25. The molecule has 17 heavy (non-hydrogen) atoms. The van der Waals surface area contributed by atoms with Gasteiger partial charge in [0.15, 0.2) is 0 Å². The number of hydrogen-bond donors (Lipinski definition) is 1. The van der Waals surface area contributed by atoms with Crippen LogP contribution in [0.15, 0.2) is 18.3 Å². The third kappa shape index (κ3) is 2.94. The predicted octanol–water partition coefficient (Wildman–Crippen LogP) is 0.509. The predicted molar refractivity (Wildman–Crippen MR) is 65.5 cm³/mol. The number of nitrogens with zero attached hydrogens (tertiary/aromatic N) is 2. The fraction of sp³-hybridized carbons (Fsp3) is 0.583. The average Bonchev–Trinajstić information content (AvgIpc) is 2.71. The summed E-state index contributed by atoms with van der Waals surface area (Å²) < 4.78 is 10.8. The Morgan fingerprint density at radius 2 is 2.00 bits per heavy atom. The van der Waals surface area contributed by atoms with E-state index in [-0.39, 0.29) is 12.2 Å². The largest absolute Gasteiger partial charge is 0.384 e. The Kier molecular flexibility index (Phi) is 3.93. The Bertz CT molecular complexity index is 361. The molecule has 1 fully saturated rings. The first-order valence-corrected chi connectivity index (χ1v) is 5.71. The van der Waals surface area contributed by atoms with Gasteiger partial charge in [0.05, 0.1) is 12.2 Å². The number of nitrogens with two attached hydrogens (primary N) is 1. The molecule has 0 saturated carbocycles. The van der Waals surface area contributed by atoms with Crippen molar-refractivity contribution in [2.24, 2.45) is 0 Å². The summed E-state index contributed by atoms with van der Waals surface area (Å²) in [4.78, 5) is 6.29. The number of anilines is 1. The quantitative estimate of drug-likeness (QED) is 0.826. The lowest BCUT2D eigenvalue weighted by atomic mass is 10.2. The Labute approximate surface area is 102 Å². The van der Waals surface area contributed by atoms with Crippen LogP contribution in [-0.4, -0.2) is 49.4 Å². The van der Waals surface area contributed by atoms with Crippen LogP contribution in [0.4, 0.5) is 5.82 Å². The number of methoxy groups -OCH3 is 2. The SMILES string of the molecule is COC1CN(Cc2ccnc(N)c2)CC1OC. The van der Waals surface area contributed by atoms with E-state index in [1.807, 2.05) is 12.1 Å².